The molecule has 2 aromatic rings. The second kappa shape index (κ2) is 8.37. The molecule has 4 rings (SSSR count). The second-order valence-corrected chi connectivity index (χ2v) is 6.93. The highest BCUT2D eigenvalue weighted by molar-refractivity contribution is 5.87. The van der Waals surface area contributed by atoms with Crippen LogP contribution in [0.25, 0.3) is 10.8 Å². The summed E-state index contributed by atoms with van der Waals surface area (Å²) in [5.41, 5.74) is 1.33. The van der Waals surface area contributed by atoms with Crippen LogP contribution in [0.3, 0.4) is 0 Å². The summed E-state index contributed by atoms with van der Waals surface area (Å²) in [6.45, 7) is 7.96. The van der Waals surface area contributed by atoms with Gasteiger partial charge in [-0.3, -0.25) is 9.80 Å². The molecule has 2 saturated heterocycles. The first-order valence-corrected chi connectivity index (χ1v) is 9.07. The van der Waals surface area contributed by atoms with Crippen molar-refractivity contribution in [3.63, 3.8) is 0 Å². The summed E-state index contributed by atoms with van der Waals surface area (Å²) in [5, 5.41) is 6.10. The molecule has 4 nitrogen and oxygen atoms in total. The van der Waals surface area contributed by atoms with Crippen LogP contribution >= 0.6 is 12.4 Å². The molecule has 0 amide bonds. The molecule has 25 heavy (non-hydrogen) atoms. The molecule has 0 radical (unpaired) electrons. The highest BCUT2D eigenvalue weighted by Crippen LogP contribution is 2.29. The Labute approximate surface area is 156 Å². The third kappa shape index (κ3) is 3.93. The predicted octanol–water partition coefficient (Wildman–Crippen LogP) is 2.75. The van der Waals surface area contributed by atoms with Crippen molar-refractivity contribution in [2.24, 2.45) is 0 Å². The Morgan fingerprint density at radius 1 is 1.08 bits per heavy atom. The van der Waals surface area contributed by atoms with Crippen LogP contribution in [0.5, 0.6) is 5.75 Å². The van der Waals surface area contributed by atoms with E-state index in [9.17, 15) is 0 Å². The van der Waals surface area contributed by atoms with Crippen molar-refractivity contribution in [1.82, 2.24) is 15.1 Å². The Balaban J connectivity index is 0.00000182. The molecule has 0 bridgehead atoms. The van der Waals surface area contributed by atoms with E-state index in [-0.39, 0.29) is 12.4 Å². The van der Waals surface area contributed by atoms with Crippen LogP contribution in [-0.4, -0.2) is 62.2 Å². The number of halogens is 1. The van der Waals surface area contributed by atoms with Gasteiger partial charge in [0.15, 0.2) is 0 Å². The van der Waals surface area contributed by atoms with Gasteiger partial charge in [-0.05, 0) is 29.8 Å². The molecule has 2 aliphatic rings. The summed E-state index contributed by atoms with van der Waals surface area (Å²) < 4.78 is 5.65. The summed E-state index contributed by atoms with van der Waals surface area (Å²) in [4.78, 5) is 5.24. The number of fused-ring (bicyclic) bond motifs is 1. The molecule has 136 valence electrons. The largest absolute Gasteiger partial charge is 0.496 e. The van der Waals surface area contributed by atoms with E-state index in [0.717, 1.165) is 38.0 Å². The van der Waals surface area contributed by atoms with Gasteiger partial charge in [0.05, 0.1) is 7.11 Å². The van der Waals surface area contributed by atoms with Crippen molar-refractivity contribution in [3.05, 3.63) is 42.0 Å². The molecule has 1 N–H and O–H groups in total. The molecule has 2 aromatic carbocycles. The summed E-state index contributed by atoms with van der Waals surface area (Å²) in [7, 11) is 1.78. The monoisotopic (exact) mass is 361 g/mol. The van der Waals surface area contributed by atoms with Gasteiger partial charge in [-0.15, -0.1) is 12.4 Å². The van der Waals surface area contributed by atoms with Crippen molar-refractivity contribution >= 4 is 23.2 Å². The third-order valence-corrected chi connectivity index (χ3v) is 5.56. The van der Waals surface area contributed by atoms with Crippen LogP contribution in [0.2, 0.25) is 0 Å². The number of hydrogen-bond acceptors (Lipinski definition) is 4. The number of nitrogens with zero attached hydrogens (tertiary/aromatic N) is 2. The molecule has 2 aliphatic heterocycles. The summed E-state index contributed by atoms with van der Waals surface area (Å²) in [6.07, 6.45) is 1.30. The van der Waals surface area contributed by atoms with Gasteiger partial charge in [-0.1, -0.05) is 30.3 Å². The molecule has 0 spiro atoms. The van der Waals surface area contributed by atoms with Gasteiger partial charge in [0.1, 0.15) is 5.75 Å². The number of rotatable bonds is 4. The average Bonchev–Trinajstić information content (AvgIpc) is 3.17. The lowest BCUT2D eigenvalue weighted by atomic mass is 10.0. The Morgan fingerprint density at radius 2 is 1.88 bits per heavy atom. The zero-order valence-corrected chi connectivity index (χ0v) is 15.7. The Morgan fingerprint density at radius 3 is 2.60 bits per heavy atom. The van der Waals surface area contributed by atoms with E-state index in [1.165, 1.54) is 42.4 Å². The van der Waals surface area contributed by atoms with Crippen molar-refractivity contribution in [3.8, 4) is 5.75 Å². The molecule has 1 unspecified atom stereocenters. The fourth-order valence-corrected chi connectivity index (χ4v) is 4.13. The second-order valence-electron chi connectivity index (χ2n) is 6.93. The van der Waals surface area contributed by atoms with E-state index in [2.05, 4.69) is 51.5 Å². The number of nitrogens with one attached hydrogen (secondary N) is 1. The van der Waals surface area contributed by atoms with Crippen molar-refractivity contribution < 1.29 is 4.74 Å². The molecule has 0 aliphatic carbocycles. The van der Waals surface area contributed by atoms with E-state index in [4.69, 9.17) is 4.74 Å². The first-order chi connectivity index (χ1) is 11.8. The minimum atomic E-state index is 0. The number of ether oxygens (including phenoxy) is 1. The molecule has 2 fully saturated rings. The number of benzene rings is 2. The maximum absolute atomic E-state index is 5.65. The quantitative estimate of drug-likeness (QED) is 0.906. The number of hydrogen-bond donors (Lipinski definition) is 1. The SMILES string of the molecule is COc1ccc2ccccc2c1CN1CCN(C2CCNC2)CC1.Cl. The normalized spacial score (nSPS) is 22.0. The topological polar surface area (TPSA) is 27.7 Å². The van der Waals surface area contributed by atoms with Gasteiger partial charge in [-0.2, -0.15) is 0 Å². The fraction of sp³-hybridized carbons (Fsp3) is 0.500. The Bertz CT molecular complexity index is 694. The minimum Gasteiger partial charge on any atom is -0.496 e. The molecule has 2 heterocycles. The lowest BCUT2D eigenvalue weighted by Gasteiger charge is -2.38. The average molecular weight is 362 g/mol. The van der Waals surface area contributed by atoms with Gasteiger partial charge >= 0.3 is 0 Å². The van der Waals surface area contributed by atoms with Crippen molar-refractivity contribution in [2.45, 2.75) is 19.0 Å². The number of piperazine rings is 1. The molecule has 0 saturated carbocycles. The van der Waals surface area contributed by atoms with Gasteiger partial charge < -0.3 is 10.1 Å². The summed E-state index contributed by atoms with van der Waals surface area (Å²) in [6, 6.07) is 13.6. The smallest absolute Gasteiger partial charge is 0.123 e. The summed E-state index contributed by atoms with van der Waals surface area (Å²) >= 11 is 0. The summed E-state index contributed by atoms with van der Waals surface area (Å²) in [5.74, 6) is 1.01. The maximum Gasteiger partial charge on any atom is 0.123 e. The van der Waals surface area contributed by atoms with Gasteiger partial charge in [0.2, 0.25) is 0 Å². The standard InChI is InChI=1S/C20H27N3O.ClH/c1-24-20-7-6-16-4-2-3-5-18(16)19(20)15-22-10-12-23(13-11-22)17-8-9-21-14-17;/h2-7,17,21H,8-15H2,1H3;1H. The van der Waals surface area contributed by atoms with E-state index >= 15 is 0 Å². The van der Waals surface area contributed by atoms with Crippen LogP contribution in [-0.2, 0) is 6.54 Å². The van der Waals surface area contributed by atoms with E-state index in [0.29, 0.717) is 0 Å². The third-order valence-electron chi connectivity index (χ3n) is 5.56. The van der Waals surface area contributed by atoms with Crippen molar-refractivity contribution in [2.75, 3.05) is 46.4 Å². The molecule has 1 atom stereocenters. The van der Waals surface area contributed by atoms with Crippen LogP contribution in [0, 0.1) is 0 Å². The zero-order chi connectivity index (χ0) is 16.4. The first-order valence-electron chi connectivity index (χ1n) is 9.07. The maximum atomic E-state index is 5.65. The first kappa shape index (κ1) is 18.5. The van der Waals surface area contributed by atoms with Crippen molar-refractivity contribution in [1.29, 1.82) is 0 Å². The minimum absolute atomic E-state index is 0. The van der Waals surface area contributed by atoms with E-state index < -0.39 is 0 Å². The highest BCUT2D eigenvalue weighted by atomic mass is 35.5. The van der Waals surface area contributed by atoms with Crippen LogP contribution < -0.4 is 10.1 Å². The van der Waals surface area contributed by atoms with Gasteiger partial charge in [0.25, 0.3) is 0 Å². The fourth-order valence-electron chi connectivity index (χ4n) is 4.13. The Hall–Kier alpha value is -1.33. The highest BCUT2D eigenvalue weighted by Gasteiger charge is 2.26. The lowest BCUT2D eigenvalue weighted by molar-refractivity contribution is 0.0979. The van der Waals surface area contributed by atoms with E-state index in [1.54, 1.807) is 7.11 Å². The van der Waals surface area contributed by atoms with Crippen LogP contribution in [0.15, 0.2) is 36.4 Å². The Kier molecular flexibility index (Phi) is 6.18. The zero-order valence-electron chi connectivity index (χ0n) is 14.9. The van der Waals surface area contributed by atoms with E-state index in [1.807, 2.05) is 0 Å². The van der Waals surface area contributed by atoms with Crippen LogP contribution in [0.1, 0.15) is 12.0 Å². The van der Waals surface area contributed by atoms with Crippen LogP contribution in [0.4, 0.5) is 0 Å². The lowest BCUT2D eigenvalue weighted by Crippen LogP contribution is -2.50. The van der Waals surface area contributed by atoms with Gasteiger partial charge in [-0.25, -0.2) is 0 Å². The van der Waals surface area contributed by atoms with Gasteiger partial charge in [0, 0.05) is 50.9 Å². The molecule has 0 aromatic heterocycles. The predicted molar refractivity (Wildman–Crippen MR) is 106 cm³/mol. The number of methoxy groups -OCH3 is 1. The molecular weight excluding hydrogens is 334 g/mol. The molecule has 5 heteroatoms. The molecular formula is C20H28ClN3O.